The summed E-state index contributed by atoms with van der Waals surface area (Å²) in [5.74, 6) is 0.813. The van der Waals surface area contributed by atoms with Crippen molar-refractivity contribution in [2.75, 3.05) is 6.54 Å². The summed E-state index contributed by atoms with van der Waals surface area (Å²) >= 11 is 0. The number of ether oxygens (including phenoxy) is 1. The number of benzene rings is 1. The molecule has 21 heavy (non-hydrogen) atoms. The number of amides is 1. The van der Waals surface area contributed by atoms with Crippen molar-refractivity contribution in [1.82, 2.24) is 10.6 Å². The molecule has 2 rings (SSSR count). The molecule has 0 heterocycles. The molecule has 1 fully saturated rings. The Hall–Kier alpha value is -1.55. The van der Waals surface area contributed by atoms with Gasteiger partial charge in [0.2, 0.25) is 0 Å². The first-order chi connectivity index (χ1) is 10.1. The van der Waals surface area contributed by atoms with Crippen LogP contribution in [0.2, 0.25) is 0 Å². The molecule has 2 N–H and O–H groups in total. The summed E-state index contributed by atoms with van der Waals surface area (Å²) in [5, 5.41) is 6.37. The van der Waals surface area contributed by atoms with E-state index in [4.69, 9.17) is 4.74 Å². The molecule has 116 valence electrons. The van der Waals surface area contributed by atoms with Gasteiger partial charge in [0.15, 0.2) is 6.10 Å². The molecular weight excluding hydrogens is 264 g/mol. The third-order valence-corrected chi connectivity index (χ3v) is 3.62. The first kappa shape index (κ1) is 15.8. The number of para-hydroxylation sites is 1. The maximum Gasteiger partial charge on any atom is 0.260 e. The second-order valence-corrected chi connectivity index (χ2v) is 5.78. The minimum Gasteiger partial charge on any atom is -0.480 e. The van der Waals surface area contributed by atoms with E-state index < -0.39 is 6.10 Å². The van der Waals surface area contributed by atoms with Crippen molar-refractivity contribution in [2.45, 2.75) is 58.7 Å². The maximum atomic E-state index is 12.0. The maximum absolute atomic E-state index is 12.0. The van der Waals surface area contributed by atoms with Crippen LogP contribution in [0.4, 0.5) is 0 Å². The molecule has 0 spiro atoms. The SMILES string of the molecule is CCCNCc1cccc(C)c1OC(C)C(=O)NC1CC1. The largest absolute Gasteiger partial charge is 0.480 e. The number of carbonyl (C=O) groups excluding carboxylic acids is 1. The fraction of sp³-hybridized carbons (Fsp3) is 0.588. The van der Waals surface area contributed by atoms with Gasteiger partial charge in [-0.25, -0.2) is 0 Å². The van der Waals surface area contributed by atoms with Gasteiger partial charge in [0.05, 0.1) is 0 Å². The van der Waals surface area contributed by atoms with Crippen LogP contribution in [0.1, 0.15) is 44.2 Å². The monoisotopic (exact) mass is 290 g/mol. The van der Waals surface area contributed by atoms with Crippen molar-refractivity contribution in [1.29, 1.82) is 0 Å². The Labute approximate surface area is 127 Å². The zero-order valence-corrected chi connectivity index (χ0v) is 13.2. The van der Waals surface area contributed by atoms with Crippen molar-refractivity contribution in [3.05, 3.63) is 29.3 Å². The molecule has 0 aromatic heterocycles. The average Bonchev–Trinajstić information content (AvgIpc) is 3.26. The first-order valence-corrected chi connectivity index (χ1v) is 7.88. The molecule has 1 aliphatic rings. The van der Waals surface area contributed by atoms with Gasteiger partial charge in [0.25, 0.3) is 5.91 Å². The smallest absolute Gasteiger partial charge is 0.260 e. The number of hydrogen-bond acceptors (Lipinski definition) is 3. The van der Waals surface area contributed by atoms with Crippen LogP contribution in [0.25, 0.3) is 0 Å². The van der Waals surface area contributed by atoms with E-state index in [1.54, 1.807) is 0 Å². The number of rotatable bonds is 8. The molecule has 1 saturated carbocycles. The van der Waals surface area contributed by atoms with Crippen LogP contribution < -0.4 is 15.4 Å². The molecule has 4 nitrogen and oxygen atoms in total. The van der Waals surface area contributed by atoms with Crippen LogP contribution in [0, 0.1) is 6.92 Å². The molecule has 1 aromatic carbocycles. The molecule has 1 atom stereocenters. The van der Waals surface area contributed by atoms with E-state index >= 15 is 0 Å². The van der Waals surface area contributed by atoms with E-state index in [1.165, 1.54) is 0 Å². The van der Waals surface area contributed by atoms with Crippen LogP contribution >= 0.6 is 0 Å². The van der Waals surface area contributed by atoms with Gasteiger partial charge in [-0.1, -0.05) is 25.1 Å². The molecule has 1 amide bonds. The predicted octanol–water partition coefficient (Wildman–Crippen LogP) is 2.54. The Bertz CT molecular complexity index is 484. The first-order valence-electron chi connectivity index (χ1n) is 7.88. The van der Waals surface area contributed by atoms with Crippen LogP contribution in [0.5, 0.6) is 5.75 Å². The van der Waals surface area contributed by atoms with E-state index in [1.807, 2.05) is 26.0 Å². The highest BCUT2D eigenvalue weighted by molar-refractivity contribution is 5.81. The lowest BCUT2D eigenvalue weighted by molar-refractivity contribution is -0.127. The van der Waals surface area contributed by atoms with Crippen molar-refractivity contribution in [3.63, 3.8) is 0 Å². The van der Waals surface area contributed by atoms with Crippen LogP contribution in [-0.2, 0) is 11.3 Å². The van der Waals surface area contributed by atoms with E-state index in [2.05, 4.69) is 23.6 Å². The topological polar surface area (TPSA) is 50.4 Å². The predicted molar refractivity (Wildman–Crippen MR) is 84.4 cm³/mol. The summed E-state index contributed by atoms with van der Waals surface area (Å²) in [7, 11) is 0. The lowest BCUT2D eigenvalue weighted by Gasteiger charge is -2.19. The summed E-state index contributed by atoms with van der Waals surface area (Å²) in [4.78, 5) is 12.0. The summed E-state index contributed by atoms with van der Waals surface area (Å²) < 4.78 is 5.95. The number of aryl methyl sites for hydroxylation is 1. The lowest BCUT2D eigenvalue weighted by Crippen LogP contribution is -2.37. The number of hydrogen-bond donors (Lipinski definition) is 2. The van der Waals surface area contributed by atoms with Crippen molar-refractivity contribution in [3.8, 4) is 5.75 Å². The van der Waals surface area contributed by atoms with E-state index in [-0.39, 0.29) is 5.91 Å². The fourth-order valence-corrected chi connectivity index (χ4v) is 2.20. The zero-order valence-electron chi connectivity index (χ0n) is 13.2. The fourth-order valence-electron chi connectivity index (χ4n) is 2.20. The van der Waals surface area contributed by atoms with Gasteiger partial charge in [0.1, 0.15) is 5.75 Å². The molecule has 0 aliphatic heterocycles. The second kappa shape index (κ2) is 7.46. The Kier molecular flexibility index (Phi) is 5.62. The number of carbonyl (C=O) groups is 1. The lowest BCUT2D eigenvalue weighted by atomic mass is 10.1. The van der Waals surface area contributed by atoms with Gasteiger partial charge < -0.3 is 15.4 Å². The zero-order chi connectivity index (χ0) is 15.2. The normalized spacial score (nSPS) is 15.6. The molecular formula is C17H26N2O2. The van der Waals surface area contributed by atoms with Crippen molar-refractivity contribution in [2.24, 2.45) is 0 Å². The number of nitrogens with one attached hydrogen (secondary N) is 2. The van der Waals surface area contributed by atoms with Gasteiger partial charge in [-0.3, -0.25) is 4.79 Å². The highest BCUT2D eigenvalue weighted by Gasteiger charge is 2.26. The van der Waals surface area contributed by atoms with Gasteiger partial charge in [-0.05, 0) is 45.2 Å². The Morgan fingerprint density at radius 3 is 2.86 bits per heavy atom. The minimum absolute atomic E-state index is 0.0202. The average molecular weight is 290 g/mol. The Morgan fingerprint density at radius 1 is 1.43 bits per heavy atom. The van der Waals surface area contributed by atoms with Gasteiger partial charge in [-0.2, -0.15) is 0 Å². The summed E-state index contributed by atoms with van der Waals surface area (Å²) in [6.07, 6.45) is 2.82. The highest BCUT2D eigenvalue weighted by Crippen LogP contribution is 2.25. The minimum atomic E-state index is -0.461. The highest BCUT2D eigenvalue weighted by atomic mass is 16.5. The quantitative estimate of drug-likeness (QED) is 0.723. The standard InChI is InChI=1S/C17H26N2O2/c1-4-10-18-11-14-7-5-6-12(2)16(14)21-13(3)17(20)19-15-8-9-15/h5-7,13,15,18H,4,8-11H2,1-3H3,(H,19,20). The third-order valence-electron chi connectivity index (χ3n) is 3.62. The molecule has 1 aliphatic carbocycles. The van der Waals surface area contributed by atoms with E-state index in [0.717, 1.165) is 49.2 Å². The van der Waals surface area contributed by atoms with Gasteiger partial charge in [0, 0.05) is 18.2 Å². The molecule has 0 bridgehead atoms. The van der Waals surface area contributed by atoms with E-state index in [0.29, 0.717) is 6.04 Å². The summed E-state index contributed by atoms with van der Waals surface area (Å²) in [6.45, 7) is 7.72. The molecule has 0 radical (unpaired) electrons. The van der Waals surface area contributed by atoms with Crippen LogP contribution in [0.3, 0.4) is 0 Å². The summed E-state index contributed by atoms with van der Waals surface area (Å²) in [6, 6.07) is 6.46. The van der Waals surface area contributed by atoms with Crippen LogP contribution in [-0.4, -0.2) is 24.6 Å². The van der Waals surface area contributed by atoms with Gasteiger partial charge >= 0.3 is 0 Å². The Morgan fingerprint density at radius 2 is 2.19 bits per heavy atom. The van der Waals surface area contributed by atoms with Crippen molar-refractivity contribution >= 4 is 5.91 Å². The Balaban J connectivity index is 2.00. The van der Waals surface area contributed by atoms with Gasteiger partial charge in [-0.15, -0.1) is 0 Å². The molecule has 4 heteroatoms. The van der Waals surface area contributed by atoms with Crippen molar-refractivity contribution < 1.29 is 9.53 Å². The summed E-state index contributed by atoms with van der Waals surface area (Å²) in [5.41, 5.74) is 2.17. The van der Waals surface area contributed by atoms with Crippen LogP contribution in [0.15, 0.2) is 18.2 Å². The molecule has 1 unspecified atom stereocenters. The molecule has 1 aromatic rings. The van der Waals surface area contributed by atoms with E-state index in [9.17, 15) is 4.79 Å². The third kappa shape index (κ3) is 4.74. The second-order valence-electron chi connectivity index (χ2n) is 5.78. The molecule has 0 saturated heterocycles.